The van der Waals surface area contributed by atoms with Crippen molar-refractivity contribution in [3.63, 3.8) is 0 Å². The Morgan fingerprint density at radius 2 is 2.12 bits per heavy atom. The molecule has 8 heavy (non-hydrogen) atoms. The lowest BCUT2D eigenvalue weighted by atomic mass is 10.2. The molecule has 0 aromatic heterocycles. The molecule has 0 radical (unpaired) electrons. The first kappa shape index (κ1) is 7.52. The van der Waals surface area contributed by atoms with Crippen LogP contribution >= 0.6 is 0 Å². The van der Waals surface area contributed by atoms with Crippen LogP contribution in [0, 0.1) is 10.8 Å². The maximum absolute atomic E-state index is 9.79. The van der Waals surface area contributed by atoms with Gasteiger partial charge < -0.3 is 0 Å². The minimum absolute atomic E-state index is 0.164. The molecule has 0 aromatic rings. The van der Waals surface area contributed by atoms with E-state index >= 15 is 0 Å². The summed E-state index contributed by atoms with van der Waals surface area (Å²) < 4.78 is 0. The van der Waals surface area contributed by atoms with Crippen molar-refractivity contribution < 1.29 is 0 Å². The summed E-state index contributed by atoms with van der Waals surface area (Å²) in [4.78, 5) is 9.79. The fourth-order valence-electron chi connectivity index (χ4n) is 0.345. The van der Waals surface area contributed by atoms with Gasteiger partial charge in [0.1, 0.15) is 0 Å². The van der Waals surface area contributed by atoms with Crippen LogP contribution in [-0.4, -0.2) is 6.17 Å². The van der Waals surface area contributed by atoms with Gasteiger partial charge in [0.15, 0.2) is 6.17 Å². The second-order valence-corrected chi connectivity index (χ2v) is 1.96. The Balaban J connectivity index is 3.51. The first-order valence-electron chi connectivity index (χ1n) is 2.51. The standard InChI is InChI=1S/C4H11N3O/c1-3(2)4(6-5)7-8/h3-4,6H,5H2,1-2H3. The Bertz CT molecular complexity index is 73.7. The van der Waals surface area contributed by atoms with Crippen molar-refractivity contribution in [2.75, 3.05) is 0 Å². The minimum atomic E-state index is -0.449. The minimum Gasteiger partial charge on any atom is -0.269 e. The Labute approximate surface area is 48.4 Å². The molecule has 0 spiro atoms. The van der Waals surface area contributed by atoms with Crippen molar-refractivity contribution in [2.24, 2.45) is 16.9 Å². The van der Waals surface area contributed by atoms with Crippen molar-refractivity contribution in [1.82, 2.24) is 5.43 Å². The van der Waals surface area contributed by atoms with Crippen LogP contribution in [0.25, 0.3) is 0 Å². The molecule has 0 heterocycles. The predicted molar refractivity (Wildman–Crippen MR) is 31.7 cm³/mol. The van der Waals surface area contributed by atoms with Crippen molar-refractivity contribution in [3.8, 4) is 0 Å². The van der Waals surface area contributed by atoms with Gasteiger partial charge in [-0.05, 0) is 11.1 Å². The first-order valence-corrected chi connectivity index (χ1v) is 2.51. The smallest absolute Gasteiger partial charge is 0.156 e. The van der Waals surface area contributed by atoms with Crippen LogP contribution in [0.5, 0.6) is 0 Å². The van der Waals surface area contributed by atoms with Crippen LogP contribution in [-0.2, 0) is 0 Å². The molecule has 0 fully saturated rings. The van der Waals surface area contributed by atoms with Crippen LogP contribution in [0.15, 0.2) is 5.18 Å². The van der Waals surface area contributed by atoms with Crippen molar-refractivity contribution in [2.45, 2.75) is 20.0 Å². The van der Waals surface area contributed by atoms with Gasteiger partial charge in [-0.3, -0.25) is 5.84 Å². The van der Waals surface area contributed by atoms with E-state index in [-0.39, 0.29) is 5.92 Å². The Morgan fingerprint density at radius 1 is 1.62 bits per heavy atom. The van der Waals surface area contributed by atoms with E-state index in [4.69, 9.17) is 5.84 Å². The number of hydrogen-bond acceptors (Lipinski definition) is 4. The Kier molecular flexibility index (Phi) is 3.30. The van der Waals surface area contributed by atoms with Gasteiger partial charge in [0.2, 0.25) is 0 Å². The van der Waals surface area contributed by atoms with E-state index in [0.29, 0.717) is 0 Å². The van der Waals surface area contributed by atoms with Crippen LogP contribution in [0.3, 0.4) is 0 Å². The molecule has 0 amide bonds. The van der Waals surface area contributed by atoms with Gasteiger partial charge in [-0.1, -0.05) is 13.8 Å². The molecule has 0 saturated carbocycles. The highest BCUT2D eigenvalue weighted by Gasteiger charge is 2.08. The van der Waals surface area contributed by atoms with Gasteiger partial charge in [0.25, 0.3) is 0 Å². The summed E-state index contributed by atoms with van der Waals surface area (Å²) in [6.07, 6.45) is -0.449. The maximum Gasteiger partial charge on any atom is 0.156 e. The predicted octanol–water partition coefficient (Wildman–Crippen LogP) is 0.198. The van der Waals surface area contributed by atoms with E-state index in [2.05, 4.69) is 10.6 Å². The topological polar surface area (TPSA) is 67.5 Å². The fourth-order valence-corrected chi connectivity index (χ4v) is 0.345. The number of rotatable bonds is 3. The maximum atomic E-state index is 9.79. The SMILES string of the molecule is CC(C)C(N=O)NN. The second-order valence-electron chi connectivity index (χ2n) is 1.96. The molecular weight excluding hydrogens is 106 g/mol. The average molecular weight is 117 g/mol. The molecule has 0 bridgehead atoms. The van der Waals surface area contributed by atoms with Crippen molar-refractivity contribution >= 4 is 0 Å². The van der Waals surface area contributed by atoms with Gasteiger partial charge >= 0.3 is 0 Å². The van der Waals surface area contributed by atoms with Crippen molar-refractivity contribution in [1.29, 1.82) is 0 Å². The van der Waals surface area contributed by atoms with E-state index in [1.165, 1.54) is 0 Å². The molecule has 0 aliphatic rings. The molecule has 48 valence electrons. The highest BCUT2D eigenvalue weighted by atomic mass is 16.3. The lowest BCUT2D eigenvalue weighted by Gasteiger charge is -2.09. The summed E-state index contributed by atoms with van der Waals surface area (Å²) in [5, 5.41) is 2.72. The van der Waals surface area contributed by atoms with Crippen LogP contribution in [0.4, 0.5) is 0 Å². The molecule has 1 atom stereocenters. The highest BCUT2D eigenvalue weighted by molar-refractivity contribution is 4.61. The van der Waals surface area contributed by atoms with Crippen molar-refractivity contribution in [3.05, 3.63) is 4.91 Å². The Morgan fingerprint density at radius 3 is 2.12 bits per heavy atom. The quantitative estimate of drug-likeness (QED) is 0.315. The number of hydrazine groups is 1. The lowest BCUT2D eigenvalue weighted by molar-refractivity contribution is 0.418. The molecule has 0 aromatic carbocycles. The summed E-state index contributed by atoms with van der Waals surface area (Å²) in [6.45, 7) is 3.73. The van der Waals surface area contributed by atoms with E-state index < -0.39 is 6.17 Å². The largest absolute Gasteiger partial charge is 0.269 e. The van der Waals surface area contributed by atoms with Gasteiger partial charge in [-0.15, -0.1) is 4.91 Å². The summed E-state index contributed by atoms with van der Waals surface area (Å²) in [5.41, 5.74) is 2.27. The number of nitroso groups, excluding NO2 is 1. The van der Waals surface area contributed by atoms with Crippen LogP contribution in [0.2, 0.25) is 0 Å². The summed E-state index contributed by atoms with van der Waals surface area (Å²) in [7, 11) is 0. The third-order valence-electron chi connectivity index (χ3n) is 0.916. The number of nitrogens with zero attached hydrogens (tertiary/aromatic N) is 1. The first-order chi connectivity index (χ1) is 3.72. The number of nitrogens with one attached hydrogen (secondary N) is 1. The average Bonchev–Trinajstić information content (AvgIpc) is 1.69. The van der Waals surface area contributed by atoms with Gasteiger partial charge in [-0.2, -0.15) is 0 Å². The zero-order valence-electron chi connectivity index (χ0n) is 5.09. The van der Waals surface area contributed by atoms with E-state index in [1.54, 1.807) is 0 Å². The molecular formula is C4H11N3O. The molecule has 0 aliphatic heterocycles. The lowest BCUT2D eigenvalue weighted by Crippen LogP contribution is -2.36. The normalized spacial score (nSPS) is 14.0. The highest BCUT2D eigenvalue weighted by Crippen LogP contribution is 1.99. The summed E-state index contributed by atoms with van der Waals surface area (Å²) in [6, 6.07) is 0. The van der Waals surface area contributed by atoms with E-state index in [1.807, 2.05) is 13.8 Å². The zero-order valence-corrected chi connectivity index (χ0v) is 5.09. The molecule has 3 N–H and O–H groups in total. The summed E-state index contributed by atoms with van der Waals surface area (Å²) in [5.74, 6) is 5.10. The third kappa shape index (κ3) is 1.99. The summed E-state index contributed by atoms with van der Waals surface area (Å²) >= 11 is 0. The molecule has 0 rings (SSSR count). The molecule has 0 saturated heterocycles. The third-order valence-corrected chi connectivity index (χ3v) is 0.916. The van der Waals surface area contributed by atoms with E-state index in [9.17, 15) is 4.91 Å². The second kappa shape index (κ2) is 3.51. The van der Waals surface area contributed by atoms with Crippen LogP contribution in [0.1, 0.15) is 13.8 Å². The van der Waals surface area contributed by atoms with Crippen LogP contribution < -0.4 is 11.3 Å². The molecule has 4 heteroatoms. The molecule has 0 aliphatic carbocycles. The van der Waals surface area contributed by atoms with Gasteiger partial charge in [-0.25, -0.2) is 5.43 Å². The number of hydrogen-bond donors (Lipinski definition) is 2. The Hall–Kier alpha value is -0.480. The zero-order chi connectivity index (χ0) is 6.57. The van der Waals surface area contributed by atoms with E-state index in [0.717, 1.165) is 0 Å². The monoisotopic (exact) mass is 117 g/mol. The number of nitrogens with two attached hydrogens (primary N) is 1. The van der Waals surface area contributed by atoms with Gasteiger partial charge in [0, 0.05) is 0 Å². The molecule has 4 nitrogen and oxygen atoms in total. The fraction of sp³-hybridized carbons (Fsp3) is 1.00. The molecule has 1 unspecified atom stereocenters. The van der Waals surface area contributed by atoms with Gasteiger partial charge in [0.05, 0.1) is 0 Å².